The Labute approximate surface area is 114 Å². The van der Waals surface area contributed by atoms with Crippen molar-refractivity contribution in [1.82, 2.24) is 0 Å². The van der Waals surface area contributed by atoms with Crippen LogP contribution in [0.4, 0.5) is 0 Å². The molecule has 0 amide bonds. The lowest BCUT2D eigenvalue weighted by atomic mass is 9.91. The molecular weight excluding hydrogens is 242 g/mol. The van der Waals surface area contributed by atoms with Gasteiger partial charge in [-0.15, -0.1) is 0 Å². The number of benzene rings is 1. The predicted molar refractivity (Wildman–Crippen MR) is 75.1 cm³/mol. The highest BCUT2D eigenvalue weighted by molar-refractivity contribution is 5.73. The van der Waals surface area contributed by atoms with Crippen LogP contribution < -0.4 is 10.5 Å². The number of aryl methyl sites for hydroxylation is 1. The monoisotopic (exact) mass is 265 g/mol. The fourth-order valence-electron chi connectivity index (χ4n) is 2.15. The summed E-state index contributed by atoms with van der Waals surface area (Å²) in [6, 6.07) is 5.43. The summed E-state index contributed by atoms with van der Waals surface area (Å²) >= 11 is 0. The standard InChI is InChI=1S/C15H23NO3/c1-5-12(15(17)18-4)14(16)11-7-8-13(19-6-2)10(3)9-11/h7-9,12,14H,5-6,16H2,1-4H3. The van der Waals surface area contributed by atoms with Crippen LogP contribution in [-0.4, -0.2) is 19.7 Å². The number of nitrogens with two attached hydrogens (primary N) is 1. The van der Waals surface area contributed by atoms with E-state index in [9.17, 15) is 4.79 Å². The minimum atomic E-state index is -0.355. The molecule has 4 nitrogen and oxygen atoms in total. The van der Waals surface area contributed by atoms with E-state index in [2.05, 4.69) is 0 Å². The molecule has 106 valence electrons. The van der Waals surface area contributed by atoms with E-state index in [-0.39, 0.29) is 17.9 Å². The third-order valence-corrected chi connectivity index (χ3v) is 3.26. The van der Waals surface area contributed by atoms with E-state index in [0.717, 1.165) is 16.9 Å². The zero-order chi connectivity index (χ0) is 14.4. The SMILES string of the molecule is CCOc1ccc(C(N)C(CC)C(=O)OC)cc1C. The van der Waals surface area contributed by atoms with Crippen LogP contribution in [0, 0.1) is 12.8 Å². The molecule has 0 bridgehead atoms. The molecule has 2 atom stereocenters. The van der Waals surface area contributed by atoms with Gasteiger partial charge in [0.05, 0.1) is 19.6 Å². The highest BCUT2D eigenvalue weighted by Crippen LogP contribution is 2.27. The van der Waals surface area contributed by atoms with Crippen molar-refractivity contribution in [2.24, 2.45) is 11.7 Å². The van der Waals surface area contributed by atoms with Crippen LogP contribution in [-0.2, 0) is 9.53 Å². The smallest absolute Gasteiger partial charge is 0.310 e. The summed E-state index contributed by atoms with van der Waals surface area (Å²) in [6.45, 7) is 6.48. The molecule has 4 heteroatoms. The summed E-state index contributed by atoms with van der Waals surface area (Å²) in [5, 5.41) is 0. The maximum Gasteiger partial charge on any atom is 0.310 e. The maximum atomic E-state index is 11.7. The van der Waals surface area contributed by atoms with E-state index in [1.807, 2.05) is 39.0 Å². The van der Waals surface area contributed by atoms with Crippen molar-refractivity contribution in [2.75, 3.05) is 13.7 Å². The second-order valence-electron chi connectivity index (χ2n) is 4.52. The number of carbonyl (C=O) groups excluding carboxylic acids is 1. The van der Waals surface area contributed by atoms with E-state index >= 15 is 0 Å². The minimum Gasteiger partial charge on any atom is -0.494 e. The van der Waals surface area contributed by atoms with Gasteiger partial charge in [-0.05, 0) is 37.5 Å². The molecule has 2 unspecified atom stereocenters. The number of carbonyl (C=O) groups is 1. The Hall–Kier alpha value is -1.55. The Morgan fingerprint density at radius 3 is 2.53 bits per heavy atom. The number of ether oxygens (including phenoxy) is 2. The predicted octanol–water partition coefficient (Wildman–Crippen LogP) is 2.59. The molecular formula is C15H23NO3. The molecule has 0 aliphatic carbocycles. The zero-order valence-electron chi connectivity index (χ0n) is 12.1. The number of esters is 1. The Balaban J connectivity index is 2.95. The van der Waals surface area contributed by atoms with Gasteiger partial charge in [-0.1, -0.05) is 19.1 Å². The van der Waals surface area contributed by atoms with Gasteiger partial charge in [0, 0.05) is 6.04 Å². The minimum absolute atomic E-state index is 0.262. The van der Waals surface area contributed by atoms with Crippen molar-refractivity contribution in [3.05, 3.63) is 29.3 Å². The first-order chi connectivity index (χ1) is 9.04. The molecule has 0 aromatic heterocycles. The molecule has 0 fully saturated rings. The van der Waals surface area contributed by atoms with Gasteiger partial charge in [-0.25, -0.2) is 0 Å². The second-order valence-corrected chi connectivity index (χ2v) is 4.52. The van der Waals surface area contributed by atoms with Crippen LogP contribution in [0.1, 0.15) is 37.4 Å². The van der Waals surface area contributed by atoms with E-state index < -0.39 is 0 Å². The molecule has 1 rings (SSSR count). The third-order valence-electron chi connectivity index (χ3n) is 3.26. The highest BCUT2D eigenvalue weighted by Gasteiger charge is 2.26. The van der Waals surface area contributed by atoms with Crippen LogP contribution in [0.5, 0.6) is 5.75 Å². The fourth-order valence-corrected chi connectivity index (χ4v) is 2.15. The summed E-state index contributed by atoms with van der Waals surface area (Å²) in [5.74, 6) is 0.272. The average molecular weight is 265 g/mol. The lowest BCUT2D eigenvalue weighted by Crippen LogP contribution is -2.28. The molecule has 0 aliphatic heterocycles. The van der Waals surface area contributed by atoms with E-state index in [1.54, 1.807) is 0 Å². The van der Waals surface area contributed by atoms with Crippen LogP contribution in [0.15, 0.2) is 18.2 Å². The molecule has 0 saturated heterocycles. The van der Waals surface area contributed by atoms with Crippen molar-refractivity contribution >= 4 is 5.97 Å². The summed E-state index contributed by atoms with van der Waals surface area (Å²) in [7, 11) is 1.39. The highest BCUT2D eigenvalue weighted by atomic mass is 16.5. The summed E-state index contributed by atoms with van der Waals surface area (Å²) in [6.07, 6.45) is 0.653. The van der Waals surface area contributed by atoms with Gasteiger partial charge in [0.25, 0.3) is 0 Å². The molecule has 0 aliphatic rings. The largest absolute Gasteiger partial charge is 0.494 e. The number of hydrogen-bond acceptors (Lipinski definition) is 4. The molecule has 2 N–H and O–H groups in total. The van der Waals surface area contributed by atoms with Gasteiger partial charge in [0.15, 0.2) is 0 Å². The van der Waals surface area contributed by atoms with Crippen molar-refractivity contribution in [3.63, 3.8) is 0 Å². The quantitative estimate of drug-likeness (QED) is 0.803. The first kappa shape index (κ1) is 15.5. The normalized spacial score (nSPS) is 13.7. The lowest BCUT2D eigenvalue weighted by Gasteiger charge is -2.21. The van der Waals surface area contributed by atoms with Gasteiger partial charge in [0.1, 0.15) is 5.75 Å². The molecule has 19 heavy (non-hydrogen) atoms. The van der Waals surface area contributed by atoms with Gasteiger partial charge in [-0.3, -0.25) is 4.79 Å². The summed E-state index contributed by atoms with van der Waals surface area (Å²) in [5.41, 5.74) is 8.13. The van der Waals surface area contributed by atoms with E-state index in [4.69, 9.17) is 15.2 Å². The first-order valence-electron chi connectivity index (χ1n) is 6.61. The molecule has 0 heterocycles. The molecule has 1 aromatic carbocycles. The van der Waals surface area contributed by atoms with Gasteiger partial charge in [0.2, 0.25) is 0 Å². The Morgan fingerprint density at radius 2 is 2.05 bits per heavy atom. The fraction of sp³-hybridized carbons (Fsp3) is 0.533. The Bertz CT molecular complexity index is 431. The van der Waals surface area contributed by atoms with Gasteiger partial charge in [-0.2, -0.15) is 0 Å². The summed E-state index contributed by atoms with van der Waals surface area (Å²) in [4.78, 5) is 11.7. The molecule has 0 spiro atoms. The number of methoxy groups -OCH3 is 1. The lowest BCUT2D eigenvalue weighted by molar-refractivity contribution is -0.146. The topological polar surface area (TPSA) is 61.5 Å². The Kier molecular flexibility index (Phi) is 5.83. The van der Waals surface area contributed by atoms with Crippen molar-refractivity contribution in [2.45, 2.75) is 33.2 Å². The molecule has 1 aromatic rings. The van der Waals surface area contributed by atoms with E-state index in [1.165, 1.54) is 7.11 Å². The first-order valence-corrected chi connectivity index (χ1v) is 6.61. The van der Waals surface area contributed by atoms with E-state index in [0.29, 0.717) is 13.0 Å². The van der Waals surface area contributed by atoms with Crippen LogP contribution in [0.3, 0.4) is 0 Å². The maximum absolute atomic E-state index is 11.7. The van der Waals surface area contributed by atoms with Crippen molar-refractivity contribution < 1.29 is 14.3 Å². The second kappa shape index (κ2) is 7.14. The van der Waals surface area contributed by atoms with Gasteiger partial charge < -0.3 is 15.2 Å². The summed E-state index contributed by atoms with van der Waals surface area (Å²) < 4.78 is 10.3. The van der Waals surface area contributed by atoms with Crippen molar-refractivity contribution in [1.29, 1.82) is 0 Å². The van der Waals surface area contributed by atoms with Gasteiger partial charge >= 0.3 is 5.97 Å². The molecule has 0 saturated carbocycles. The number of hydrogen-bond donors (Lipinski definition) is 1. The van der Waals surface area contributed by atoms with Crippen LogP contribution >= 0.6 is 0 Å². The molecule has 0 radical (unpaired) electrons. The zero-order valence-corrected chi connectivity index (χ0v) is 12.1. The third kappa shape index (κ3) is 3.70. The van der Waals surface area contributed by atoms with Crippen molar-refractivity contribution in [3.8, 4) is 5.75 Å². The number of rotatable bonds is 6. The van der Waals surface area contributed by atoms with Crippen LogP contribution in [0.2, 0.25) is 0 Å². The Morgan fingerprint density at radius 1 is 1.37 bits per heavy atom. The van der Waals surface area contributed by atoms with Crippen LogP contribution in [0.25, 0.3) is 0 Å². The average Bonchev–Trinajstić information content (AvgIpc) is 2.41.